The SMILES string of the molecule is CNc1c(F)cc(C(=O)NCCc2nc(C)no2)cc1F. The molecule has 1 aromatic heterocycles. The van der Waals surface area contributed by atoms with Crippen molar-refractivity contribution in [1.29, 1.82) is 0 Å². The lowest BCUT2D eigenvalue weighted by Crippen LogP contribution is -2.26. The van der Waals surface area contributed by atoms with E-state index >= 15 is 0 Å². The van der Waals surface area contributed by atoms with Gasteiger partial charge in [-0.1, -0.05) is 5.16 Å². The van der Waals surface area contributed by atoms with Gasteiger partial charge in [0.15, 0.2) is 5.82 Å². The van der Waals surface area contributed by atoms with Gasteiger partial charge in [-0.25, -0.2) is 8.78 Å². The molecule has 112 valence electrons. The summed E-state index contributed by atoms with van der Waals surface area (Å²) >= 11 is 0. The lowest BCUT2D eigenvalue weighted by Gasteiger charge is -2.08. The Labute approximate surface area is 119 Å². The van der Waals surface area contributed by atoms with Crippen LogP contribution in [0, 0.1) is 18.6 Å². The molecule has 6 nitrogen and oxygen atoms in total. The number of aryl methyl sites for hydroxylation is 1. The van der Waals surface area contributed by atoms with Crippen molar-refractivity contribution in [2.24, 2.45) is 0 Å². The molecule has 0 saturated heterocycles. The number of hydrogen-bond acceptors (Lipinski definition) is 5. The lowest BCUT2D eigenvalue weighted by atomic mass is 10.1. The second-order valence-electron chi connectivity index (χ2n) is 4.31. The maximum atomic E-state index is 13.5. The van der Waals surface area contributed by atoms with Crippen molar-refractivity contribution < 1.29 is 18.1 Å². The number of carbonyl (C=O) groups excluding carboxylic acids is 1. The predicted octanol–water partition coefficient (Wildman–Crippen LogP) is 1.67. The van der Waals surface area contributed by atoms with Gasteiger partial charge in [0.2, 0.25) is 5.89 Å². The molecule has 1 heterocycles. The zero-order chi connectivity index (χ0) is 15.4. The van der Waals surface area contributed by atoms with Gasteiger partial charge in [0.1, 0.15) is 17.3 Å². The Morgan fingerprint density at radius 3 is 2.52 bits per heavy atom. The summed E-state index contributed by atoms with van der Waals surface area (Å²) in [5.74, 6) is -1.34. The van der Waals surface area contributed by atoms with E-state index in [0.29, 0.717) is 18.1 Å². The number of rotatable bonds is 5. The Balaban J connectivity index is 1.97. The Hall–Kier alpha value is -2.51. The summed E-state index contributed by atoms with van der Waals surface area (Å²) < 4.78 is 32.0. The van der Waals surface area contributed by atoms with Crippen LogP contribution in [0.25, 0.3) is 0 Å². The third-order valence-electron chi connectivity index (χ3n) is 2.75. The fourth-order valence-corrected chi connectivity index (χ4v) is 1.77. The third kappa shape index (κ3) is 3.53. The molecule has 0 radical (unpaired) electrons. The average molecular weight is 296 g/mol. The van der Waals surface area contributed by atoms with Gasteiger partial charge < -0.3 is 15.2 Å². The Bertz CT molecular complexity index is 634. The van der Waals surface area contributed by atoms with Crippen LogP contribution in [0.4, 0.5) is 14.5 Å². The van der Waals surface area contributed by atoms with Crippen LogP contribution in [-0.4, -0.2) is 29.6 Å². The van der Waals surface area contributed by atoms with Crippen molar-refractivity contribution in [2.45, 2.75) is 13.3 Å². The predicted molar refractivity (Wildman–Crippen MR) is 71.0 cm³/mol. The van der Waals surface area contributed by atoms with Crippen LogP contribution in [0.15, 0.2) is 16.7 Å². The molecule has 0 aliphatic rings. The van der Waals surface area contributed by atoms with Crippen molar-refractivity contribution in [3.8, 4) is 0 Å². The van der Waals surface area contributed by atoms with E-state index in [1.54, 1.807) is 6.92 Å². The topological polar surface area (TPSA) is 80.0 Å². The molecular formula is C13H14F2N4O2. The van der Waals surface area contributed by atoms with Gasteiger partial charge in [-0.2, -0.15) is 4.98 Å². The van der Waals surface area contributed by atoms with Crippen LogP contribution >= 0.6 is 0 Å². The average Bonchev–Trinajstić information content (AvgIpc) is 2.84. The highest BCUT2D eigenvalue weighted by Gasteiger charge is 2.14. The van der Waals surface area contributed by atoms with E-state index < -0.39 is 17.5 Å². The van der Waals surface area contributed by atoms with E-state index in [1.165, 1.54) is 7.05 Å². The van der Waals surface area contributed by atoms with Crippen molar-refractivity contribution in [1.82, 2.24) is 15.5 Å². The number of anilines is 1. The molecule has 1 aromatic carbocycles. The standard InChI is InChI=1S/C13H14F2N4O2/c1-7-18-11(21-19-7)3-4-17-13(20)8-5-9(14)12(16-2)10(15)6-8/h5-6,16H,3-4H2,1-2H3,(H,17,20). The number of benzene rings is 1. The maximum absolute atomic E-state index is 13.5. The molecule has 8 heteroatoms. The molecule has 0 spiro atoms. The first kappa shape index (κ1) is 14.9. The summed E-state index contributed by atoms with van der Waals surface area (Å²) in [6, 6.07) is 1.95. The molecule has 0 aliphatic heterocycles. The highest BCUT2D eigenvalue weighted by molar-refractivity contribution is 5.94. The lowest BCUT2D eigenvalue weighted by molar-refractivity contribution is 0.0952. The molecule has 2 aromatic rings. The second-order valence-corrected chi connectivity index (χ2v) is 4.31. The van der Waals surface area contributed by atoms with E-state index in [2.05, 4.69) is 20.8 Å². The summed E-state index contributed by atoms with van der Waals surface area (Å²) in [6.45, 7) is 1.90. The highest BCUT2D eigenvalue weighted by Crippen LogP contribution is 2.20. The molecule has 2 rings (SSSR count). The van der Waals surface area contributed by atoms with E-state index in [9.17, 15) is 13.6 Å². The smallest absolute Gasteiger partial charge is 0.251 e. The summed E-state index contributed by atoms with van der Waals surface area (Å²) in [5.41, 5.74) is -0.362. The fraction of sp³-hybridized carbons (Fsp3) is 0.308. The first-order chi connectivity index (χ1) is 10.0. The molecule has 2 N–H and O–H groups in total. The molecule has 21 heavy (non-hydrogen) atoms. The van der Waals surface area contributed by atoms with E-state index in [-0.39, 0.29) is 17.8 Å². The number of amides is 1. The van der Waals surface area contributed by atoms with Gasteiger partial charge >= 0.3 is 0 Å². The van der Waals surface area contributed by atoms with Crippen LogP contribution in [0.5, 0.6) is 0 Å². The van der Waals surface area contributed by atoms with Crippen LogP contribution in [0.1, 0.15) is 22.1 Å². The molecule has 0 aliphatic carbocycles. The van der Waals surface area contributed by atoms with Crippen LogP contribution < -0.4 is 10.6 Å². The van der Waals surface area contributed by atoms with E-state index in [1.807, 2.05) is 0 Å². The van der Waals surface area contributed by atoms with Gasteiger partial charge in [0, 0.05) is 25.6 Å². The third-order valence-corrected chi connectivity index (χ3v) is 2.75. The minimum atomic E-state index is -0.824. The molecule has 0 fully saturated rings. The number of hydrogen-bond donors (Lipinski definition) is 2. The van der Waals surface area contributed by atoms with E-state index in [0.717, 1.165) is 12.1 Å². The fourth-order valence-electron chi connectivity index (χ4n) is 1.77. The van der Waals surface area contributed by atoms with Gasteiger partial charge in [0.25, 0.3) is 5.91 Å². The quantitative estimate of drug-likeness (QED) is 0.877. The minimum absolute atomic E-state index is 0.0919. The van der Waals surface area contributed by atoms with Crippen LogP contribution in [0.2, 0.25) is 0 Å². The summed E-state index contributed by atoms with van der Waals surface area (Å²) in [4.78, 5) is 15.8. The van der Waals surface area contributed by atoms with Crippen molar-refractivity contribution in [2.75, 3.05) is 18.9 Å². The number of nitrogens with one attached hydrogen (secondary N) is 2. The normalized spacial score (nSPS) is 10.5. The highest BCUT2D eigenvalue weighted by atomic mass is 19.1. The summed E-state index contributed by atoms with van der Waals surface area (Å²) in [5, 5.41) is 8.53. The van der Waals surface area contributed by atoms with E-state index in [4.69, 9.17) is 4.52 Å². The summed E-state index contributed by atoms with van der Waals surface area (Å²) in [7, 11) is 1.40. The van der Waals surface area contributed by atoms with Gasteiger partial charge in [-0.05, 0) is 19.1 Å². The van der Waals surface area contributed by atoms with Gasteiger partial charge in [-0.3, -0.25) is 4.79 Å². The summed E-state index contributed by atoms with van der Waals surface area (Å²) in [6.07, 6.45) is 0.339. The number of carbonyl (C=O) groups is 1. The van der Waals surface area contributed by atoms with Gasteiger partial charge in [0.05, 0.1) is 0 Å². The maximum Gasteiger partial charge on any atom is 0.251 e. The molecule has 1 amide bonds. The Morgan fingerprint density at radius 2 is 2.00 bits per heavy atom. The van der Waals surface area contributed by atoms with Crippen LogP contribution in [0.3, 0.4) is 0 Å². The van der Waals surface area contributed by atoms with Crippen molar-refractivity contribution >= 4 is 11.6 Å². The van der Waals surface area contributed by atoms with Gasteiger partial charge in [-0.15, -0.1) is 0 Å². The molecule has 0 saturated carbocycles. The number of aromatic nitrogens is 2. The first-order valence-electron chi connectivity index (χ1n) is 6.25. The molecular weight excluding hydrogens is 282 g/mol. The van der Waals surface area contributed by atoms with Crippen molar-refractivity contribution in [3.05, 3.63) is 41.0 Å². The molecule has 0 bridgehead atoms. The minimum Gasteiger partial charge on any atom is -0.383 e. The number of halogens is 2. The Kier molecular flexibility index (Phi) is 4.46. The largest absolute Gasteiger partial charge is 0.383 e. The zero-order valence-electron chi connectivity index (χ0n) is 11.5. The van der Waals surface area contributed by atoms with Crippen LogP contribution in [-0.2, 0) is 6.42 Å². The number of nitrogens with zero attached hydrogens (tertiary/aromatic N) is 2. The zero-order valence-corrected chi connectivity index (χ0v) is 11.5. The molecule has 0 atom stereocenters. The second kappa shape index (κ2) is 6.29. The van der Waals surface area contributed by atoms with Crippen molar-refractivity contribution in [3.63, 3.8) is 0 Å². The monoisotopic (exact) mass is 296 g/mol. The molecule has 0 unspecified atom stereocenters. The first-order valence-corrected chi connectivity index (χ1v) is 6.25. The Morgan fingerprint density at radius 1 is 1.33 bits per heavy atom.